The highest BCUT2D eigenvalue weighted by molar-refractivity contribution is 14.0. The van der Waals surface area contributed by atoms with Crippen molar-refractivity contribution in [2.45, 2.75) is 57.1 Å². The first-order valence-electron chi connectivity index (χ1n) is 9.29. The molecule has 2 heterocycles. The summed E-state index contributed by atoms with van der Waals surface area (Å²) in [6.07, 6.45) is 9.89. The van der Waals surface area contributed by atoms with E-state index in [-0.39, 0.29) is 24.0 Å². The summed E-state index contributed by atoms with van der Waals surface area (Å²) >= 11 is 4.00. The highest BCUT2D eigenvalue weighted by Gasteiger charge is 2.38. The number of aryl methyl sites for hydroxylation is 1. The van der Waals surface area contributed by atoms with E-state index in [0.29, 0.717) is 4.75 Å². The van der Waals surface area contributed by atoms with Crippen LogP contribution in [0.1, 0.15) is 48.9 Å². The molecular formula is C18H31IN4S2. The minimum Gasteiger partial charge on any atom is -0.357 e. The van der Waals surface area contributed by atoms with Crippen LogP contribution in [0.3, 0.4) is 0 Å². The van der Waals surface area contributed by atoms with Crippen LogP contribution in [0.2, 0.25) is 0 Å². The molecule has 0 radical (unpaired) electrons. The Morgan fingerprint density at radius 3 is 2.84 bits per heavy atom. The summed E-state index contributed by atoms with van der Waals surface area (Å²) in [7, 11) is 0. The molecule has 3 rings (SSSR count). The standard InChI is InChI=1S/C18H30N4S2.HI/c1-3-19-17(20-10-7-16-21-13-15(2)24-16)22-11-12-23-18(14-22)8-5-4-6-9-18;/h13H,3-12,14H2,1-2H3,(H,19,20);1H. The van der Waals surface area contributed by atoms with E-state index in [4.69, 9.17) is 4.99 Å². The molecular weight excluding hydrogens is 463 g/mol. The molecule has 2 fully saturated rings. The van der Waals surface area contributed by atoms with Gasteiger partial charge in [0.25, 0.3) is 0 Å². The number of hydrogen-bond donors (Lipinski definition) is 1. The third-order valence-corrected chi connectivity index (χ3v) is 7.41. The molecule has 1 aromatic rings. The summed E-state index contributed by atoms with van der Waals surface area (Å²) in [4.78, 5) is 13.2. The Kier molecular flexibility index (Phi) is 8.81. The number of guanidine groups is 1. The zero-order valence-electron chi connectivity index (χ0n) is 15.4. The molecule has 1 N–H and O–H groups in total. The van der Waals surface area contributed by atoms with Crippen molar-refractivity contribution >= 4 is 53.0 Å². The number of nitrogens with zero attached hydrogens (tertiary/aromatic N) is 3. The molecule has 2 aliphatic rings. The highest BCUT2D eigenvalue weighted by Crippen LogP contribution is 2.42. The van der Waals surface area contributed by atoms with Gasteiger partial charge in [-0.15, -0.1) is 35.3 Å². The zero-order valence-corrected chi connectivity index (χ0v) is 19.4. The largest absolute Gasteiger partial charge is 0.357 e. The van der Waals surface area contributed by atoms with Crippen molar-refractivity contribution in [2.75, 3.05) is 31.9 Å². The fourth-order valence-electron chi connectivity index (χ4n) is 3.72. The van der Waals surface area contributed by atoms with Crippen LogP contribution in [-0.2, 0) is 6.42 Å². The molecule has 1 aliphatic carbocycles. The predicted octanol–water partition coefficient (Wildman–Crippen LogP) is 4.33. The molecule has 0 amide bonds. The Labute approximate surface area is 177 Å². The lowest BCUT2D eigenvalue weighted by molar-refractivity contribution is 0.293. The minimum atomic E-state index is 0. The molecule has 0 atom stereocenters. The van der Waals surface area contributed by atoms with E-state index in [1.807, 2.05) is 6.20 Å². The molecule has 142 valence electrons. The number of halogens is 1. The monoisotopic (exact) mass is 494 g/mol. The van der Waals surface area contributed by atoms with Crippen molar-refractivity contribution in [3.8, 4) is 0 Å². The molecule has 1 saturated heterocycles. The van der Waals surface area contributed by atoms with Crippen LogP contribution in [-0.4, -0.2) is 52.5 Å². The van der Waals surface area contributed by atoms with Crippen molar-refractivity contribution in [3.05, 3.63) is 16.1 Å². The van der Waals surface area contributed by atoms with Crippen molar-refractivity contribution in [2.24, 2.45) is 4.99 Å². The smallest absolute Gasteiger partial charge is 0.194 e. The first-order chi connectivity index (χ1) is 11.7. The molecule has 1 aromatic heterocycles. The number of aliphatic imine (C=N–C) groups is 1. The summed E-state index contributed by atoms with van der Waals surface area (Å²) in [5.41, 5.74) is 0. The third kappa shape index (κ3) is 5.99. The maximum atomic E-state index is 4.91. The average molecular weight is 495 g/mol. The number of rotatable bonds is 4. The first kappa shape index (κ1) is 21.3. The van der Waals surface area contributed by atoms with E-state index in [9.17, 15) is 0 Å². The molecule has 1 saturated carbocycles. The quantitative estimate of drug-likeness (QED) is 0.385. The fraction of sp³-hybridized carbons (Fsp3) is 0.778. The SMILES string of the molecule is CCNC(=NCCc1ncc(C)s1)N1CCSC2(CCCCC2)C1.I. The second-order valence-corrected chi connectivity index (χ2v) is 9.75. The van der Waals surface area contributed by atoms with Gasteiger partial charge in [-0.1, -0.05) is 19.3 Å². The van der Waals surface area contributed by atoms with Crippen LogP contribution in [0.4, 0.5) is 0 Å². The lowest BCUT2D eigenvalue weighted by Crippen LogP contribution is -2.53. The van der Waals surface area contributed by atoms with Crippen LogP contribution < -0.4 is 5.32 Å². The van der Waals surface area contributed by atoms with Crippen molar-refractivity contribution in [1.29, 1.82) is 0 Å². The Morgan fingerprint density at radius 1 is 1.36 bits per heavy atom. The second-order valence-electron chi connectivity index (χ2n) is 6.86. The summed E-state index contributed by atoms with van der Waals surface area (Å²) in [6, 6.07) is 0. The Balaban J connectivity index is 0.00000225. The van der Waals surface area contributed by atoms with Crippen LogP contribution in [0.5, 0.6) is 0 Å². The van der Waals surface area contributed by atoms with Gasteiger partial charge in [0.1, 0.15) is 0 Å². The molecule has 25 heavy (non-hydrogen) atoms. The van der Waals surface area contributed by atoms with Gasteiger partial charge in [0, 0.05) is 54.2 Å². The van der Waals surface area contributed by atoms with Gasteiger partial charge in [-0.2, -0.15) is 11.8 Å². The molecule has 1 aliphatic heterocycles. The Hall–Kier alpha value is -0.0200. The molecule has 0 unspecified atom stereocenters. The van der Waals surface area contributed by atoms with Gasteiger partial charge in [0.15, 0.2) is 5.96 Å². The van der Waals surface area contributed by atoms with Gasteiger partial charge < -0.3 is 10.2 Å². The third-order valence-electron chi connectivity index (χ3n) is 4.90. The van der Waals surface area contributed by atoms with Crippen molar-refractivity contribution < 1.29 is 0 Å². The lowest BCUT2D eigenvalue weighted by Gasteiger charge is -2.45. The number of hydrogen-bond acceptors (Lipinski definition) is 4. The number of nitrogens with one attached hydrogen (secondary N) is 1. The second kappa shape index (κ2) is 10.3. The summed E-state index contributed by atoms with van der Waals surface area (Å²) in [5.74, 6) is 2.34. The number of aromatic nitrogens is 1. The van der Waals surface area contributed by atoms with Gasteiger partial charge in [-0.05, 0) is 26.7 Å². The van der Waals surface area contributed by atoms with Gasteiger partial charge in [-0.3, -0.25) is 4.99 Å². The molecule has 0 aromatic carbocycles. The topological polar surface area (TPSA) is 40.5 Å². The van der Waals surface area contributed by atoms with Gasteiger partial charge in [-0.25, -0.2) is 4.98 Å². The zero-order chi connectivity index (χ0) is 16.8. The normalized spacial score (nSPS) is 20.4. The van der Waals surface area contributed by atoms with Gasteiger partial charge >= 0.3 is 0 Å². The fourth-order valence-corrected chi connectivity index (χ4v) is 6.07. The first-order valence-corrected chi connectivity index (χ1v) is 11.1. The molecule has 4 nitrogen and oxygen atoms in total. The van der Waals surface area contributed by atoms with Crippen molar-refractivity contribution in [1.82, 2.24) is 15.2 Å². The Bertz CT molecular complexity index is 550. The van der Waals surface area contributed by atoms with Gasteiger partial charge in [0.2, 0.25) is 0 Å². The summed E-state index contributed by atoms with van der Waals surface area (Å²) < 4.78 is 0.485. The highest BCUT2D eigenvalue weighted by atomic mass is 127. The molecule has 1 spiro atoms. The van der Waals surface area contributed by atoms with E-state index < -0.39 is 0 Å². The average Bonchev–Trinajstić information content (AvgIpc) is 3.00. The Morgan fingerprint density at radius 2 is 2.16 bits per heavy atom. The maximum absolute atomic E-state index is 4.91. The molecule has 7 heteroatoms. The van der Waals surface area contributed by atoms with E-state index >= 15 is 0 Å². The minimum absolute atomic E-state index is 0. The van der Waals surface area contributed by atoms with Gasteiger partial charge in [0.05, 0.1) is 5.01 Å². The number of thiazole rings is 1. The summed E-state index contributed by atoms with van der Waals surface area (Å²) in [6.45, 7) is 8.32. The van der Waals surface area contributed by atoms with E-state index in [1.54, 1.807) is 11.3 Å². The maximum Gasteiger partial charge on any atom is 0.194 e. The predicted molar refractivity (Wildman–Crippen MR) is 122 cm³/mol. The molecule has 0 bridgehead atoms. The van der Waals surface area contributed by atoms with Crippen LogP contribution in [0, 0.1) is 6.92 Å². The number of thioether (sulfide) groups is 1. The summed E-state index contributed by atoms with van der Waals surface area (Å²) in [5, 5.41) is 4.71. The van der Waals surface area contributed by atoms with E-state index in [0.717, 1.165) is 32.0 Å². The van der Waals surface area contributed by atoms with E-state index in [1.165, 1.54) is 54.3 Å². The van der Waals surface area contributed by atoms with Crippen LogP contribution in [0.15, 0.2) is 11.2 Å². The van der Waals surface area contributed by atoms with Crippen LogP contribution >= 0.6 is 47.1 Å². The van der Waals surface area contributed by atoms with E-state index in [2.05, 4.69) is 40.8 Å². The lowest BCUT2D eigenvalue weighted by atomic mass is 9.87. The van der Waals surface area contributed by atoms with Crippen molar-refractivity contribution in [3.63, 3.8) is 0 Å². The van der Waals surface area contributed by atoms with Crippen LogP contribution in [0.25, 0.3) is 0 Å².